The minimum absolute atomic E-state index is 0.000602. The highest BCUT2D eigenvalue weighted by molar-refractivity contribution is 5.79. The van der Waals surface area contributed by atoms with Gasteiger partial charge in [-0.1, -0.05) is 46.3 Å². The Morgan fingerprint density at radius 1 is 0.804 bits per heavy atom. The van der Waals surface area contributed by atoms with Crippen LogP contribution >= 0.6 is 0 Å². The van der Waals surface area contributed by atoms with Crippen LogP contribution in [0.1, 0.15) is 113 Å². The molecule has 258 valence electrons. The van der Waals surface area contributed by atoms with Crippen LogP contribution < -0.4 is 0 Å². The van der Waals surface area contributed by atoms with Gasteiger partial charge in [0.15, 0.2) is 0 Å². The molecule has 5 aliphatic carbocycles. The predicted molar refractivity (Wildman–Crippen MR) is 170 cm³/mol. The molecule has 0 aliphatic heterocycles. The summed E-state index contributed by atoms with van der Waals surface area (Å²) < 4.78 is 22.9. The first-order valence-electron chi connectivity index (χ1n) is 17.3. The first-order chi connectivity index (χ1) is 21.3. The van der Waals surface area contributed by atoms with E-state index in [0.717, 1.165) is 38.5 Å². The fourth-order valence-electron chi connectivity index (χ4n) is 11.7. The van der Waals surface area contributed by atoms with Crippen molar-refractivity contribution in [3.63, 3.8) is 0 Å². The molecule has 9 atom stereocenters. The average molecular weight is 645 g/mol. The lowest BCUT2D eigenvalue weighted by atomic mass is 9.33. The molecule has 0 amide bonds. The number of fused-ring (bicyclic) bond motifs is 7. The van der Waals surface area contributed by atoms with Crippen molar-refractivity contribution in [2.75, 3.05) is 20.3 Å². The second-order valence-corrected chi connectivity index (χ2v) is 16.8. The summed E-state index contributed by atoms with van der Waals surface area (Å²) >= 11 is 0. The highest BCUT2D eigenvalue weighted by Crippen LogP contribution is 2.76. The summed E-state index contributed by atoms with van der Waals surface area (Å²) in [5.41, 5.74) is -1.41. The van der Waals surface area contributed by atoms with E-state index in [1.807, 2.05) is 0 Å². The van der Waals surface area contributed by atoms with Gasteiger partial charge in [0.2, 0.25) is 0 Å². The van der Waals surface area contributed by atoms with Gasteiger partial charge in [0.25, 0.3) is 0 Å². The third-order valence-corrected chi connectivity index (χ3v) is 14.4. The normalized spacial score (nSPS) is 42.0. The van der Waals surface area contributed by atoms with Gasteiger partial charge in [-0.2, -0.15) is 0 Å². The Morgan fingerprint density at radius 3 is 1.98 bits per heavy atom. The molecule has 5 aliphatic rings. The summed E-state index contributed by atoms with van der Waals surface area (Å²) in [6.07, 6.45) is 7.87. The van der Waals surface area contributed by atoms with Crippen LogP contribution in [-0.4, -0.2) is 61.5 Å². The van der Waals surface area contributed by atoms with E-state index in [4.69, 9.17) is 18.9 Å². The van der Waals surface area contributed by atoms with E-state index in [9.17, 15) is 24.3 Å². The first kappa shape index (κ1) is 34.9. The molecule has 1 N–H and O–H groups in total. The molecule has 0 aromatic heterocycles. The molecule has 5 rings (SSSR count). The average Bonchev–Trinajstić information content (AvgIpc) is 2.97. The maximum atomic E-state index is 13.6. The third kappa shape index (κ3) is 4.95. The van der Waals surface area contributed by atoms with Gasteiger partial charge in [-0.3, -0.25) is 19.2 Å². The summed E-state index contributed by atoms with van der Waals surface area (Å²) in [7, 11) is 1.47. The smallest absolute Gasteiger partial charge is 0.312 e. The monoisotopic (exact) mass is 644 g/mol. The van der Waals surface area contributed by atoms with E-state index >= 15 is 0 Å². The van der Waals surface area contributed by atoms with E-state index < -0.39 is 40.9 Å². The molecule has 9 nitrogen and oxygen atoms in total. The molecule has 9 heteroatoms. The number of methoxy groups -OCH3 is 1. The summed E-state index contributed by atoms with van der Waals surface area (Å²) in [5, 5.41) is 12.0. The minimum atomic E-state index is -0.890. The first-order valence-corrected chi connectivity index (χ1v) is 17.3. The number of ether oxygens (including phenoxy) is 4. The lowest BCUT2D eigenvalue weighted by molar-refractivity contribution is -0.243. The van der Waals surface area contributed by atoms with Crippen molar-refractivity contribution >= 4 is 23.9 Å². The van der Waals surface area contributed by atoms with Crippen LogP contribution in [0.15, 0.2) is 11.6 Å². The van der Waals surface area contributed by atoms with Gasteiger partial charge in [-0.25, -0.2) is 0 Å². The molecule has 0 aromatic carbocycles. The van der Waals surface area contributed by atoms with E-state index in [0.29, 0.717) is 19.3 Å². The van der Waals surface area contributed by atoms with Crippen LogP contribution in [0, 0.1) is 50.2 Å². The van der Waals surface area contributed by atoms with Gasteiger partial charge < -0.3 is 24.1 Å². The SMILES string of the molecule is COC(=O)[C@]12CCC(C)(C)[C@@H](O)[C@@H]1C1=CC[C@@H]3[C@@]4(C)CC[C@H](OC(C)=O)C(COC(C)=O)(COC(C)=O)[C@@H]4CC[C@@]3(C)[C@]1(C)CC2. The Labute approximate surface area is 274 Å². The van der Waals surface area contributed by atoms with E-state index in [1.54, 1.807) is 0 Å². The molecule has 0 heterocycles. The molecule has 4 fully saturated rings. The van der Waals surface area contributed by atoms with E-state index in [-0.39, 0.29) is 58.6 Å². The minimum Gasteiger partial charge on any atom is -0.469 e. The number of hydrogen-bond acceptors (Lipinski definition) is 9. The topological polar surface area (TPSA) is 125 Å². The predicted octanol–water partition coefficient (Wildman–Crippen LogP) is 5.95. The number of allylic oxidation sites excluding steroid dienone is 1. The van der Waals surface area contributed by atoms with Crippen LogP contribution in [0.5, 0.6) is 0 Å². The summed E-state index contributed by atoms with van der Waals surface area (Å²) in [6, 6.07) is 0. The maximum absolute atomic E-state index is 13.6. The third-order valence-electron chi connectivity index (χ3n) is 14.4. The highest BCUT2D eigenvalue weighted by atomic mass is 16.6. The lowest BCUT2D eigenvalue weighted by Gasteiger charge is -2.71. The Balaban J connectivity index is 1.62. The van der Waals surface area contributed by atoms with Gasteiger partial charge in [-0.15, -0.1) is 0 Å². The Bertz CT molecular complexity index is 1280. The van der Waals surface area contributed by atoms with Crippen molar-refractivity contribution in [3.8, 4) is 0 Å². The van der Waals surface area contributed by atoms with Crippen LogP contribution in [-0.2, 0) is 38.1 Å². The number of carbonyl (C=O) groups excluding carboxylic acids is 4. The van der Waals surface area contributed by atoms with Crippen LogP contribution in [0.4, 0.5) is 0 Å². The fourth-order valence-corrected chi connectivity index (χ4v) is 11.7. The lowest BCUT2D eigenvalue weighted by Crippen LogP contribution is -2.68. The van der Waals surface area contributed by atoms with Crippen molar-refractivity contribution in [2.24, 2.45) is 50.2 Å². The van der Waals surface area contributed by atoms with Gasteiger partial charge in [0.1, 0.15) is 19.3 Å². The second kappa shape index (κ2) is 11.6. The molecule has 0 radical (unpaired) electrons. The number of esters is 4. The van der Waals surface area contributed by atoms with Gasteiger partial charge in [-0.05, 0) is 91.3 Å². The summed E-state index contributed by atoms with van der Waals surface area (Å²) in [5.74, 6) is -1.61. The van der Waals surface area contributed by atoms with E-state index in [1.165, 1.54) is 33.5 Å². The van der Waals surface area contributed by atoms with Crippen molar-refractivity contribution in [1.29, 1.82) is 0 Å². The number of carbonyl (C=O) groups is 4. The van der Waals surface area contributed by atoms with Gasteiger partial charge in [0.05, 0.1) is 24.0 Å². The Morgan fingerprint density at radius 2 is 1.41 bits per heavy atom. The highest BCUT2D eigenvalue weighted by Gasteiger charge is 2.72. The fraction of sp³-hybridized carbons (Fsp3) is 0.838. The molecular formula is C37H56O9. The zero-order valence-corrected chi connectivity index (χ0v) is 29.5. The van der Waals surface area contributed by atoms with Crippen molar-refractivity contribution in [3.05, 3.63) is 11.6 Å². The summed E-state index contributed by atoms with van der Waals surface area (Å²) in [6.45, 7) is 15.5. The van der Waals surface area contributed by atoms with Crippen molar-refractivity contribution < 1.29 is 43.2 Å². The molecule has 0 bridgehead atoms. The molecule has 0 aromatic rings. The van der Waals surface area contributed by atoms with Gasteiger partial charge in [0, 0.05) is 26.7 Å². The molecule has 4 saturated carbocycles. The number of rotatable bonds is 6. The molecule has 0 saturated heterocycles. The number of aliphatic hydroxyl groups is 1. The molecule has 0 unspecified atom stereocenters. The zero-order chi connectivity index (χ0) is 34.1. The maximum Gasteiger partial charge on any atom is 0.312 e. The van der Waals surface area contributed by atoms with Gasteiger partial charge >= 0.3 is 23.9 Å². The Hall–Kier alpha value is -2.42. The molecule has 46 heavy (non-hydrogen) atoms. The summed E-state index contributed by atoms with van der Waals surface area (Å²) in [4.78, 5) is 50.4. The molecular weight excluding hydrogens is 588 g/mol. The van der Waals surface area contributed by atoms with Crippen molar-refractivity contribution in [2.45, 2.75) is 125 Å². The number of hydrogen-bond donors (Lipinski definition) is 1. The Kier molecular flexibility index (Phi) is 8.82. The van der Waals surface area contributed by atoms with Crippen LogP contribution in [0.2, 0.25) is 0 Å². The van der Waals surface area contributed by atoms with Crippen LogP contribution in [0.3, 0.4) is 0 Å². The zero-order valence-electron chi connectivity index (χ0n) is 29.5. The second-order valence-electron chi connectivity index (χ2n) is 16.8. The van der Waals surface area contributed by atoms with E-state index in [2.05, 4.69) is 40.7 Å². The van der Waals surface area contributed by atoms with Crippen molar-refractivity contribution in [1.82, 2.24) is 0 Å². The standard InChI is InChI=1S/C37H56O9/c1-22(38)44-20-37(21-45-23(2)39)27-12-15-35(8)26(33(27,6)14-13-28(37)46-24(3)40)11-10-25-29-30(41)32(4,5)16-18-36(29,31(42)43-9)19-17-34(25,35)7/h10,26-30,41H,11-21H2,1-9H3/t26-,27-,28+,29+,30+,33-,34-,35-,36+/m1/s1. The quantitative estimate of drug-likeness (QED) is 0.212. The molecule has 0 spiro atoms. The number of aliphatic hydroxyl groups excluding tert-OH is 1. The largest absolute Gasteiger partial charge is 0.469 e. The van der Waals surface area contributed by atoms with Crippen LogP contribution in [0.25, 0.3) is 0 Å².